The Morgan fingerprint density at radius 2 is 1.11 bits per heavy atom. The van der Waals surface area contributed by atoms with Gasteiger partial charge in [0, 0.05) is 12.8 Å². The van der Waals surface area contributed by atoms with Crippen LogP contribution in [0.15, 0.2) is 60.8 Å². The minimum absolute atomic E-state index is 0.0396. The van der Waals surface area contributed by atoms with Crippen molar-refractivity contribution in [2.75, 3.05) is 19.0 Å². The molecular weight excluding hydrogens is 741 g/mol. The van der Waals surface area contributed by atoms with E-state index in [-0.39, 0.29) is 19.4 Å². The van der Waals surface area contributed by atoms with Gasteiger partial charge in [0.1, 0.15) is 36.8 Å². The number of ether oxygens (including phenoxy) is 4. The lowest BCUT2D eigenvalue weighted by Gasteiger charge is -2.40. The normalized spacial score (nSPS) is 21.3. The van der Waals surface area contributed by atoms with Crippen molar-refractivity contribution >= 4 is 22.1 Å². The van der Waals surface area contributed by atoms with Crippen LogP contribution in [0.5, 0.6) is 0 Å². The molecule has 4 N–H and O–H groups in total. The fourth-order valence-electron chi connectivity index (χ4n) is 5.83. The van der Waals surface area contributed by atoms with Crippen LogP contribution >= 0.6 is 0 Å². The second-order valence-corrected chi connectivity index (χ2v) is 15.8. The van der Waals surface area contributed by atoms with E-state index in [4.69, 9.17) is 18.9 Å². The van der Waals surface area contributed by atoms with E-state index in [0.717, 1.165) is 44.9 Å². The molecule has 322 valence electrons. The molecule has 56 heavy (non-hydrogen) atoms. The van der Waals surface area contributed by atoms with Crippen LogP contribution in [0.2, 0.25) is 0 Å². The Labute approximate surface area is 336 Å². The molecule has 0 aromatic heterocycles. The highest BCUT2D eigenvalue weighted by Crippen LogP contribution is 2.24. The van der Waals surface area contributed by atoms with E-state index in [9.17, 15) is 37.9 Å². The van der Waals surface area contributed by atoms with Crippen molar-refractivity contribution in [3.8, 4) is 0 Å². The minimum Gasteiger partial charge on any atom is -0.462 e. The van der Waals surface area contributed by atoms with Gasteiger partial charge in [-0.1, -0.05) is 139 Å². The van der Waals surface area contributed by atoms with E-state index in [1.807, 2.05) is 18.2 Å². The Morgan fingerprint density at radius 3 is 1.66 bits per heavy atom. The maximum absolute atomic E-state index is 12.7. The molecule has 0 saturated carbocycles. The molecule has 1 aliphatic rings. The molecule has 1 fully saturated rings. The minimum atomic E-state index is -4.61. The van der Waals surface area contributed by atoms with Gasteiger partial charge in [0.25, 0.3) is 10.1 Å². The summed E-state index contributed by atoms with van der Waals surface area (Å²) in [5.74, 6) is -2.10. The van der Waals surface area contributed by atoms with Crippen LogP contribution in [0.4, 0.5) is 0 Å². The lowest BCUT2D eigenvalue weighted by Crippen LogP contribution is -2.60. The average molecular weight is 813 g/mol. The van der Waals surface area contributed by atoms with Crippen LogP contribution in [0.3, 0.4) is 0 Å². The second kappa shape index (κ2) is 33.3. The van der Waals surface area contributed by atoms with Gasteiger partial charge in [-0.25, -0.2) is 0 Å². The van der Waals surface area contributed by atoms with Gasteiger partial charge >= 0.3 is 11.9 Å². The highest BCUT2D eigenvalue weighted by atomic mass is 32.2. The SMILES string of the molecule is CCCCC/C=C/C/C=C/C/C=C/C/C=C/C/C=C/CCC(=O)O[C@H](COC(=O)CCCCCCCCCCC)CO[C@H]1O[C@H](CS(=O)(=O)O)[C@@H](O)C(O)C1O. The number of unbranched alkanes of at least 4 members (excludes halogenated alkanes) is 11. The molecule has 0 bridgehead atoms. The van der Waals surface area contributed by atoms with Crippen LogP contribution in [0.1, 0.15) is 142 Å². The van der Waals surface area contributed by atoms with Crippen LogP contribution in [0, 0.1) is 0 Å². The summed E-state index contributed by atoms with van der Waals surface area (Å²) in [5.41, 5.74) is 0. The summed E-state index contributed by atoms with van der Waals surface area (Å²) in [5, 5.41) is 30.8. The Bertz CT molecular complexity index is 1280. The highest BCUT2D eigenvalue weighted by Gasteiger charge is 2.46. The second-order valence-electron chi connectivity index (χ2n) is 14.3. The summed E-state index contributed by atoms with van der Waals surface area (Å²) in [7, 11) is -4.61. The zero-order valence-corrected chi connectivity index (χ0v) is 34.8. The predicted octanol–water partition coefficient (Wildman–Crippen LogP) is 7.78. The number of hydrogen-bond donors (Lipinski definition) is 4. The molecule has 2 unspecified atom stereocenters. The molecule has 6 atom stereocenters. The van der Waals surface area contributed by atoms with Crippen LogP contribution < -0.4 is 0 Å². The van der Waals surface area contributed by atoms with Crippen LogP contribution in [-0.2, 0) is 38.7 Å². The van der Waals surface area contributed by atoms with Crippen molar-refractivity contribution in [2.45, 2.75) is 179 Å². The quantitative estimate of drug-likeness (QED) is 0.0219. The Balaban J connectivity index is 2.54. The first kappa shape index (κ1) is 51.4. The molecule has 1 heterocycles. The molecule has 13 heteroatoms. The van der Waals surface area contributed by atoms with Crippen molar-refractivity contribution in [2.24, 2.45) is 0 Å². The van der Waals surface area contributed by atoms with E-state index >= 15 is 0 Å². The number of esters is 2. The van der Waals surface area contributed by atoms with E-state index in [1.165, 1.54) is 51.4 Å². The van der Waals surface area contributed by atoms with Gasteiger partial charge in [-0.15, -0.1) is 0 Å². The summed E-state index contributed by atoms with van der Waals surface area (Å²) < 4.78 is 53.8. The predicted molar refractivity (Wildman–Crippen MR) is 219 cm³/mol. The summed E-state index contributed by atoms with van der Waals surface area (Å²) in [6, 6.07) is 0. The van der Waals surface area contributed by atoms with Gasteiger partial charge in [0.05, 0.1) is 6.61 Å². The molecular formula is C43H72O12S. The van der Waals surface area contributed by atoms with Crippen molar-refractivity contribution in [3.05, 3.63) is 60.8 Å². The van der Waals surface area contributed by atoms with Crippen LogP contribution in [0.25, 0.3) is 0 Å². The maximum atomic E-state index is 12.7. The number of rotatable bonds is 33. The Hall–Kier alpha value is -2.65. The summed E-state index contributed by atoms with van der Waals surface area (Å²) in [4.78, 5) is 25.2. The molecule has 12 nitrogen and oxygen atoms in total. The molecule has 0 aliphatic carbocycles. The van der Waals surface area contributed by atoms with E-state index < -0.39 is 71.2 Å². The first-order chi connectivity index (χ1) is 27.0. The van der Waals surface area contributed by atoms with Crippen molar-refractivity contribution in [1.82, 2.24) is 0 Å². The first-order valence-electron chi connectivity index (χ1n) is 20.8. The van der Waals surface area contributed by atoms with Crippen molar-refractivity contribution < 1.29 is 56.8 Å². The van der Waals surface area contributed by atoms with Crippen molar-refractivity contribution in [3.63, 3.8) is 0 Å². The molecule has 1 rings (SSSR count). The molecule has 0 amide bonds. The molecule has 1 aliphatic heterocycles. The molecule has 0 radical (unpaired) electrons. The van der Waals surface area contributed by atoms with E-state index in [2.05, 4.69) is 56.4 Å². The van der Waals surface area contributed by atoms with Gasteiger partial charge in [0.15, 0.2) is 12.4 Å². The van der Waals surface area contributed by atoms with Gasteiger partial charge in [-0.05, 0) is 51.4 Å². The van der Waals surface area contributed by atoms with Gasteiger partial charge in [0.2, 0.25) is 0 Å². The van der Waals surface area contributed by atoms with Crippen LogP contribution in [-0.4, -0.2) is 96.0 Å². The number of aliphatic hydroxyl groups excluding tert-OH is 3. The Kier molecular flexibility index (Phi) is 30.6. The van der Waals surface area contributed by atoms with Gasteiger partial charge < -0.3 is 34.3 Å². The smallest absolute Gasteiger partial charge is 0.306 e. The summed E-state index contributed by atoms with van der Waals surface area (Å²) in [6.45, 7) is 3.62. The number of hydrogen-bond acceptors (Lipinski definition) is 11. The number of carbonyl (C=O) groups is 2. The molecule has 0 aromatic carbocycles. The summed E-state index contributed by atoms with van der Waals surface area (Å²) >= 11 is 0. The fraction of sp³-hybridized carbons (Fsp3) is 0.721. The average Bonchev–Trinajstić information content (AvgIpc) is 3.16. The molecule has 0 aromatic rings. The largest absolute Gasteiger partial charge is 0.462 e. The maximum Gasteiger partial charge on any atom is 0.306 e. The lowest BCUT2D eigenvalue weighted by atomic mass is 10.00. The topological polar surface area (TPSA) is 186 Å². The third-order valence-electron chi connectivity index (χ3n) is 9.11. The number of carbonyl (C=O) groups excluding carboxylic acids is 2. The Morgan fingerprint density at radius 1 is 0.607 bits per heavy atom. The number of allylic oxidation sites excluding steroid dienone is 10. The monoisotopic (exact) mass is 812 g/mol. The van der Waals surface area contributed by atoms with Crippen molar-refractivity contribution in [1.29, 1.82) is 0 Å². The standard InChI is InChI=1S/C43H72O12S/c1-3-5-7-9-11-13-14-15-16-17-18-19-20-21-22-24-26-28-30-32-39(45)54-36(33-52-38(44)31-29-27-25-23-12-10-8-6-4-2)34-53-43-42(48)41(47)40(46)37(55-43)35-56(49,50)51/h11,13,15-16,18-19,21-22,26,28,36-37,40-43,46-48H,3-10,12,14,17,20,23-25,27,29-35H2,1-2H3,(H,49,50,51)/b13-11+,16-15+,19-18+,22-21+,28-26+/t36-,37-,40-,41?,42?,43+/m1/s1. The molecule has 0 spiro atoms. The first-order valence-corrected chi connectivity index (χ1v) is 22.5. The third kappa shape index (κ3) is 27.9. The third-order valence-corrected chi connectivity index (χ3v) is 9.86. The van der Waals surface area contributed by atoms with Gasteiger partial charge in [-0.3, -0.25) is 14.1 Å². The zero-order valence-electron chi connectivity index (χ0n) is 34.0. The summed E-state index contributed by atoms with van der Waals surface area (Å²) in [6.07, 6.45) is 30.1. The highest BCUT2D eigenvalue weighted by molar-refractivity contribution is 7.85. The molecule has 1 saturated heterocycles. The lowest BCUT2D eigenvalue weighted by molar-refractivity contribution is -0.297. The zero-order chi connectivity index (χ0) is 41.3. The van der Waals surface area contributed by atoms with E-state index in [1.54, 1.807) is 0 Å². The van der Waals surface area contributed by atoms with Gasteiger partial charge in [-0.2, -0.15) is 8.42 Å². The fourth-order valence-corrected chi connectivity index (χ4v) is 6.52. The number of aliphatic hydroxyl groups is 3. The van der Waals surface area contributed by atoms with E-state index in [0.29, 0.717) is 19.3 Å².